The largest absolute Gasteiger partial charge is 0.354 e. The van der Waals surface area contributed by atoms with Gasteiger partial charge in [-0.2, -0.15) is 0 Å². The van der Waals surface area contributed by atoms with Gasteiger partial charge >= 0.3 is 0 Å². The molecule has 1 N–H and O–H groups in total. The van der Waals surface area contributed by atoms with Crippen molar-refractivity contribution in [3.05, 3.63) is 23.4 Å². The van der Waals surface area contributed by atoms with Crippen LogP contribution in [0.25, 0.3) is 0 Å². The van der Waals surface area contributed by atoms with Gasteiger partial charge in [-0.3, -0.25) is 0 Å². The smallest absolute Gasteiger partial charge is 0.131 e. The Balaban J connectivity index is 2.86. The molecule has 0 unspecified atom stereocenters. The predicted molar refractivity (Wildman–Crippen MR) is 88.3 cm³/mol. The maximum Gasteiger partial charge on any atom is 0.131 e. The van der Waals surface area contributed by atoms with Crippen molar-refractivity contribution in [2.24, 2.45) is 0 Å². The second kappa shape index (κ2) is 7.07. The summed E-state index contributed by atoms with van der Waals surface area (Å²) in [6.07, 6.45) is 3.15. The van der Waals surface area contributed by atoms with Gasteiger partial charge in [0.25, 0.3) is 0 Å². The lowest BCUT2D eigenvalue weighted by atomic mass is 10.1. The molecule has 0 saturated heterocycles. The molecule has 0 bridgehead atoms. The number of nitrogens with zero attached hydrogens (tertiary/aromatic N) is 2. The third kappa shape index (κ3) is 5.12. The van der Waals surface area contributed by atoms with Gasteiger partial charge in [0.15, 0.2) is 0 Å². The van der Waals surface area contributed by atoms with E-state index in [2.05, 4.69) is 64.7 Å². The fourth-order valence-electron chi connectivity index (χ4n) is 2.24. The Morgan fingerprint density at radius 3 is 2.40 bits per heavy atom. The first kappa shape index (κ1) is 17.0. The standard InChI is InChI=1S/C17H31N3/c1-8-9-20(13(2)3)16-14(4)10-15(11-18-16)12-19-17(5,6)7/h10-11,13,19H,8-9,12H2,1-7H3. The van der Waals surface area contributed by atoms with E-state index in [9.17, 15) is 0 Å². The Kier molecular flexibility index (Phi) is 6.00. The molecule has 1 aromatic rings. The molecule has 0 amide bonds. The van der Waals surface area contributed by atoms with Crippen LogP contribution in [0.5, 0.6) is 0 Å². The van der Waals surface area contributed by atoms with Gasteiger partial charge in [-0.05, 0) is 65.2 Å². The van der Waals surface area contributed by atoms with Gasteiger partial charge < -0.3 is 10.2 Å². The van der Waals surface area contributed by atoms with Crippen LogP contribution in [0.1, 0.15) is 59.1 Å². The van der Waals surface area contributed by atoms with Gasteiger partial charge in [0, 0.05) is 30.9 Å². The van der Waals surface area contributed by atoms with Crippen LogP contribution in [-0.4, -0.2) is 23.1 Å². The molecule has 0 aliphatic rings. The molecule has 0 radical (unpaired) electrons. The first-order valence-corrected chi connectivity index (χ1v) is 7.71. The molecular weight excluding hydrogens is 246 g/mol. The summed E-state index contributed by atoms with van der Waals surface area (Å²) < 4.78 is 0. The number of pyridine rings is 1. The predicted octanol–water partition coefficient (Wildman–Crippen LogP) is 3.90. The zero-order valence-corrected chi connectivity index (χ0v) is 14.2. The van der Waals surface area contributed by atoms with E-state index in [4.69, 9.17) is 4.98 Å². The molecule has 0 fully saturated rings. The molecule has 20 heavy (non-hydrogen) atoms. The van der Waals surface area contributed by atoms with Crippen LogP contribution in [0.4, 0.5) is 5.82 Å². The lowest BCUT2D eigenvalue weighted by Gasteiger charge is -2.29. The number of anilines is 1. The van der Waals surface area contributed by atoms with Crippen molar-refractivity contribution < 1.29 is 0 Å². The van der Waals surface area contributed by atoms with Crippen LogP contribution in [0.2, 0.25) is 0 Å². The van der Waals surface area contributed by atoms with Crippen molar-refractivity contribution in [2.75, 3.05) is 11.4 Å². The first-order valence-electron chi connectivity index (χ1n) is 7.71. The van der Waals surface area contributed by atoms with Gasteiger partial charge in [0.2, 0.25) is 0 Å². The van der Waals surface area contributed by atoms with Crippen LogP contribution in [-0.2, 0) is 6.54 Å². The summed E-state index contributed by atoms with van der Waals surface area (Å²) in [7, 11) is 0. The van der Waals surface area contributed by atoms with Gasteiger partial charge in [-0.25, -0.2) is 4.98 Å². The maximum absolute atomic E-state index is 4.71. The maximum atomic E-state index is 4.71. The van der Waals surface area contributed by atoms with Gasteiger partial charge in [-0.1, -0.05) is 6.92 Å². The average Bonchev–Trinajstić information content (AvgIpc) is 2.33. The molecule has 1 heterocycles. The van der Waals surface area contributed by atoms with Crippen molar-refractivity contribution in [3.8, 4) is 0 Å². The topological polar surface area (TPSA) is 28.2 Å². The summed E-state index contributed by atoms with van der Waals surface area (Å²) in [5.41, 5.74) is 2.65. The number of aromatic nitrogens is 1. The molecule has 3 heteroatoms. The zero-order valence-electron chi connectivity index (χ0n) is 14.2. The highest BCUT2D eigenvalue weighted by atomic mass is 15.2. The monoisotopic (exact) mass is 277 g/mol. The van der Waals surface area contributed by atoms with E-state index in [1.807, 2.05) is 6.20 Å². The average molecular weight is 277 g/mol. The molecule has 0 spiro atoms. The minimum atomic E-state index is 0.138. The minimum absolute atomic E-state index is 0.138. The van der Waals surface area contributed by atoms with E-state index >= 15 is 0 Å². The fourth-order valence-corrected chi connectivity index (χ4v) is 2.24. The van der Waals surface area contributed by atoms with Gasteiger partial charge in [-0.15, -0.1) is 0 Å². The highest BCUT2D eigenvalue weighted by Gasteiger charge is 2.14. The molecule has 1 rings (SSSR count). The highest BCUT2D eigenvalue weighted by molar-refractivity contribution is 5.48. The van der Waals surface area contributed by atoms with E-state index in [1.165, 1.54) is 11.1 Å². The van der Waals surface area contributed by atoms with Crippen molar-refractivity contribution in [1.82, 2.24) is 10.3 Å². The SMILES string of the molecule is CCCN(c1ncc(CNC(C)(C)C)cc1C)C(C)C. The summed E-state index contributed by atoms with van der Waals surface area (Å²) in [4.78, 5) is 7.09. The Bertz CT molecular complexity index is 419. The molecule has 0 aliphatic heterocycles. The van der Waals surface area contributed by atoms with Crippen molar-refractivity contribution in [2.45, 2.75) is 73.0 Å². The minimum Gasteiger partial charge on any atom is -0.354 e. The number of nitrogens with one attached hydrogen (secondary N) is 1. The van der Waals surface area contributed by atoms with Gasteiger partial charge in [0.05, 0.1) is 0 Å². The Morgan fingerprint density at radius 2 is 1.95 bits per heavy atom. The molecule has 0 saturated carbocycles. The molecule has 114 valence electrons. The Labute approximate surface area is 124 Å². The quantitative estimate of drug-likeness (QED) is 0.854. The molecule has 0 atom stereocenters. The van der Waals surface area contributed by atoms with Crippen LogP contribution >= 0.6 is 0 Å². The Hall–Kier alpha value is -1.09. The van der Waals surface area contributed by atoms with Crippen molar-refractivity contribution in [1.29, 1.82) is 0 Å². The van der Waals surface area contributed by atoms with Crippen LogP contribution < -0.4 is 10.2 Å². The van der Waals surface area contributed by atoms with E-state index in [0.717, 1.165) is 25.3 Å². The third-order valence-electron chi connectivity index (χ3n) is 3.29. The van der Waals surface area contributed by atoms with E-state index in [-0.39, 0.29) is 5.54 Å². The zero-order chi connectivity index (χ0) is 15.3. The summed E-state index contributed by atoms with van der Waals surface area (Å²) >= 11 is 0. The van der Waals surface area contributed by atoms with Crippen molar-refractivity contribution in [3.63, 3.8) is 0 Å². The summed E-state index contributed by atoms with van der Waals surface area (Å²) in [6, 6.07) is 2.74. The number of rotatable bonds is 6. The van der Waals surface area contributed by atoms with Crippen LogP contribution in [0.15, 0.2) is 12.3 Å². The fraction of sp³-hybridized carbons (Fsp3) is 0.706. The van der Waals surface area contributed by atoms with Crippen molar-refractivity contribution >= 4 is 5.82 Å². The van der Waals surface area contributed by atoms with Crippen LogP contribution in [0, 0.1) is 6.92 Å². The Morgan fingerprint density at radius 1 is 1.30 bits per heavy atom. The number of aryl methyl sites for hydroxylation is 1. The van der Waals surface area contributed by atoms with E-state index in [0.29, 0.717) is 6.04 Å². The third-order valence-corrected chi connectivity index (χ3v) is 3.29. The number of hydrogen-bond acceptors (Lipinski definition) is 3. The number of hydrogen-bond donors (Lipinski definition) is 1. The van der Waals surface area contributed by atoms with Gasteiger partial charge in [0.1, 0.15) is 5.82 Å². The molecule has 1 aromatic heterocycles. The van der Waals surface area contributed by atoms with E-state index < -0.39 is 0 Å². The summed E-state index contributed by atoms with van der Waals surface area (Å²) in [5.74, 6) is 1.13. The van der Waals surface area contributed by atoms with Crippen LogP contribution in [0.3, 0.4) is 0 Å². The normalized spacial score (nSPS) is 12.0. The summed E-state index contributed by atoms with van der Waals surface area (Å²) in [5, 5.41) is 3.51. The molecule has 0 aliphatic carbocycles. The summed E-state index contributed by atoms with van der Waals surface area (Å²) in [6.45, 7) is 17.3. The highest BCUT2D eigenvalue weighted by Crippen LogP contribution is 2.20. The lowest BCUT2D eigenvalue weighted by Crippen LogP contribution is -2.35. The van der Waals surface area contributed by atoms with E-state index in [1.54, 1.807) is 0 Å². The second-order valence-electron chi connectivity index (χ2n) is 6.87. The lowest BCUT2D eigenvalue weighted by molar-refractivity contribution is 0.424. The molecular formula is C17H31N3. The first-order chi connectivity index (χ1) is 9.24. The molecule has 3 nitrogen and oxygen atoms in total. The molecule has 0 aromatic carbocycles. The second-order valence-corrected chi connectivity index (χ2v) is 6.87.